The third-order valence-corrected chi connectivity index (χ3v) is 4.30. The van der Waals surface area contributed by atoms with Crippen molar-refractivity contribution < 1.29 is 13.9 Å². The summed E-state index contributed by atoms with van der Waals surface area (Å²) in [6, 6.07) is 21.7. The number of nitrogens with one attached hydrogen (secondary N) is 1. The van der Waals surface area contributed by atoms with Crippen LogP contribution in [-0.2, 0) is 4.79 Å². The number of nitrogens with zero attached hydrogens (tertiary/aromatic N) is 1. The number of rotatable bonds is 6. The van der Waals surface area contributed by atoms with E-state index in [9.17, 15) is 14.4 Å². The molecule has 144 valence electrons. The van der Waals surface area contributed by atoms with Gasteiger partial charge in [0.25, 0.3) is 5.91 Å². The van der Waals surface area contributed by atoms with E-state index >= 15 is 0 Å². The quantitative estimate of drug-likeness (QED) is 0.430. The highest BCUT2D eigenvalue weighted by atomic mass is 35.5. The zero-order valence-electron chi connectivity index (χ0n) is 15.2. The fourth-order valence-corrected chi connectivity index (χ4v) is 2.79. The van der Waals surface area contributed by atoms with Gasteiger partial charge in [0, 0.05) is 16.3 Å². The standard InChI is InChI=1S/C23H16ClFN2O2/c24-22-4-2-1-3-21(22)17(14-26)13-16-5-11-20(12-6-16)29-15-23(28)27-19-9-7-18(25)8-10-19/h1-13H,15H2,(H,27,28). The number of anilines is 1. The van der Waals surface area contributed by atoms with Gasteiger partial charge in [-0.15, -0.1) is 0 Å². The van der Waals surface area contributed by atoms with Crippen LogP contribution < -0.4 is 10.1 Å². The van der Waals surface area contributed by atoms with Crippen molar-refractivity contribution in [2.45, 2.75) is 0 Å². The first-order chi connectivity index (χ1) is 14.0. The van der Waals surface area contributed by atoms with Crippen LogP contribution >= 0.6 is 11.6 Å². The molecule has 0 spiro atoms. The van der Waals surface area contributed by atoms with Crippen LogP contribution in [0, 0.1) is 17.1 Å². The molecule has 3 rings (SSSR count). The summed E-state index contributed by atoms with van der Waals surface area (Å²) in [4.78, 5) is 11.9. The predicted octanol–water partition coefficient (Wildman–Crippen LogP) is 5.56. The molecule has 0 unspecified atom stereocenters. The van der Waals surface area contributed by atoms with Crippen molar-refractivity contribution >= 4 is 34.8 Å². The van der Waals surface area contributed by atoms with E-state index in [1.165, 1.54) is 24.3 Å². The molecule has 0 fully saturated rings. The first kappa shape index (κ1) is 20.1. The normalized spacial score (nSPS) is 10.9. The zero-order chi connectivity index (χ0) is 20.6. The molecule has 0 aromatic heterocycles. The van der Waals surface area contributed by atoms with Crippen LogP contribution in [-0.4, -0.2) is 12.5 Å². The topological polar surface area (TPSA) is 62.1 Å². The van der Waals surface area contributed by atoms with Crippen LogP contribution in [0.5, 0.6) is 5.75 Å². The van der Waals surface area contributed by atoms with Gasteiger partial charge in [0.15, 0.2) is 6.61 Å². The van der Waals surface area contributed by atoms with E-state index in [1.807, 2.05) is 6.07 Å². The van der Waals surface area contributed by atoms with Crippen molar-refractivity contribution in [2.75, 3.05) is 11.9 Å². The molecule has 29 heavy (non-hydrogen) atoms. The Morgan fingerprint density at radius 1 is 1.07 bits per heavy atom. The lowest BCUT2D eigenvalue weighted by atomic mass is 10.0. The largest absolute Gasteiger partial charge is 0.484 e. The Balaban J connectivity index is 1.61. The summed E-state index contributed by atoms with van der Waals surface area (Å²) in [6.07, 6.45) is 1.73. The Hall–Kier alpha value is -3.62. The molecule has 0 aliphatic carbocycles. The number of nitriles is 1. The van der Waals surface area contributed by atoms with Gasteiger partial charge in [-0.1, -0.05) is 41.9 Å². The molecule has 0 saturated heterocycles. The second kappa shape index (κ2) is 9.54. The highest BCUT2D eigenvalue weighted by molar-refractivity contribution is 6.32. The average molecular weight is 407 g/mol. The maximum atomic E-state index is 12.9. The molecule has 1 amide bonds. The van der Waals surface area contributed by atoms with Gasteiger partial charge < -0.3 is 10.1 Å². The molecule has 0 radical (unpaired) electrons. The maximum absolute atomic E-state index is 12.9. The summed E-state index contributed by atoms with van der Waals surface area (Å²) in [5, 5.41) is 12.6. The number of allylic oxidation sites excluding steroid dienone is 1. The first-order valence-electron chi connectivity index (χ1n) is 8.70. The summed E-state index contributed by atoms with van der Waals surface area (Å²) < 4.78 is 18.3. The number of benzene rings is 3. The van der Waals surface area contributed by atoms with Gasteiger partial charge in [-0.2, -0.15) is 5.26 Å². The SMILES string of the molecule is N#CC(=Cc1ccc(OCC(=O)Nc2ccc(F)cc2)cc1)c1ccccc1Cl. The van der Waals surface area contributed by atoms with Crippen LogP contribution in [0.15, 0.2) is 72.8 Å². The first-order valence-corrected chi connectivity index (χ1v) is 9.08. The molecule has 1 N–H and O–H groups in total. The molecular weight excluding hydrogens is 391 g/mol. The van der Waals surface area contributed by atoms with Crippen LogP contribution in [0.4, 0.5) is 10.1 Å². The van der Waals surface area contributed by atoms with Gasteiger partial charge in [-0.3, -0.25) is 4.79 Å². The predicted molar refractivity (Wildman–Crippen MR) is 112 cm³/mol. The van der Waals surface area contributed by atoms with Gasteiger partial charge >= 0.3 is 0 Å². The fraction of sp³-hybridized carbons (Fsp3) is 0.0435. The molecule has 0 heterocycles. The number of amides is 1. The maximum Gasteiger partial charge on any atom is 0.262 e. The molecule has 0 aliphatic heterocycles. The van der Waals surface area contributed by atoms with E-state index in [-0.39, 0.29) is 18.3 Å². The van der Waals surface area contributed by atoms with Gasteiger partial charge in [0.1, 0.15) is 11.6 Å². The molecule has 0 aliphatic rings. The van der Waals surface area contributed by atoms with E-state index in [0.29, 0.717) is 27.6 Å². The van der Waals surface area contributed by atoms with E-state index in [4.69, 9.17) is 16.3 Å². The third-order valence-electron chi connectivity index (χ3n) is 3.97. The third kappa shape index (κ3) is 5.68. The molecule has 0 saturated carbocycles. The lowest BCUT2D eigenvalue weighted by Gasteiger charge is -2.08. The number of carbonyl (C=O) groups is 1. The summed E-state index contributed by atoms with van der Waals surface area (Å²) in [5.41, 5.74) is 2.39. The second-order valence-corrected chi connectivity index (χ2v) is 6.47. The molecule has 0 bridgehead atoms. The van der Waals surface area contributed by atoms with Gasteiger partial charge in [0.2, 0.25) is 0 Å². The van der Waals surface area contributed by atoms with Crippen molar-refractivity contribution in [3.8, 4) is 11.8 Å². The Morgan fingerprint density at radius 3 is 2.41 bits per heavy atom. The van der Waals surface area contributed by atoms with E-state index in [0.717, 1.165) is 5.56 Å². The number of halogens is 2. The van der Waals surface area contributed by atoms with Crippen molar-refractivity contribution in [3.63, 3.8) is 0 Å². The molecule has 0 atom stereocenters. The van der Waals surface area contributed by atoms with Crippen LogP contribution in [0.3, 0.4) is 0 Å². The van der Waals surface area contributed by atoms with Crippen LogP contribution in [0.2, 0.25) is 5.02 Å². The minimum atomic E-state index is -0.373. The van der Waals surface area contributed by atoms with Crippen molar-refractivity contribution in [1.82, 2.24) is 0 Å². The number of carbonyl (C=O) groups excluding carboxylic acids is 1. The second-order valence-electron chi connectivity index (χ2n) is 6.06. The summed E-state index contributed by atoms with van der Waals surface area (Å²) in [5.74, 6) is -0.221. The lowest BCUT2D eigenvalue weighted by molar-refractivity contribution is -0.118. The van der Waals surface area contributed by atoms with E-state index < -0.39 is 0 Å². The highest BCUT2D eigenvalue weighted by Gasteiger charge is 2.07. The molecule has 3 aromatic rings. The molecular formula is C23H16ClFN2O2. The van der Waals surface area contributed by atoms with Gasteiger partial charge in [-0.05, 0) is 54.1 Å². The summed E-state index contributed by atoms with van der Waals surface area (Å²) >= 11 is 6.16. The minimum Gasteiger partial charge on any atom is -0.484 e. The lowest BCUT2D eigenvalue weighted by Crippen LogP contribution is -2.20. The van der Waals surface area contributed by atoms with Gasteiger partial charge in [0.05, 0.1) is 11.6 Å². The monoisotopic (exact) mass is 406 g/mol. The van der Waals surface area contributed by atoms with E-state index in [1.54, 1.807) is 48.5 Å². The van der Waals surface area contributed by atoms with Crippen LogP contribution in [0.1, 0.15) is 11.1 Å². The fourth-order valence-electron chi connectivity index (χ4n) is 2.56. The van der Waals surface area contributed by atoms with Crippen molar-refractivity contribution in [1.29, 1.82) is 5.26 Å². The van der Waals surface area contributed by atoms with Crippen molar-refractivity contribution in [2.24, 2.45) is 0 Å². The zero-order valence-corrected chi connectivity index (χ0v) is 16.0. The smallest absolute Gasteiger partial charge is 0.262 e. The Bertz CT molecular complexity index is 1070. The molecule has 6 heteroatoms. The van der Waals surface area contributed by atoms with Crippen molar-refractivity contribution in [3.05, 3.63) is 94.8 Å². The average Bonchev–Trinajstić information content (AvgIpc) is 2.74. The number of hydrogen-bond acceptors (Lipinski definition) is 3. The summed E-state index contributed by atoms with van der Waals surface area (Å²) in [6.45, 7) is -0.185. The minimum absolute atomic E-state index is 0.185. The number of hydrogen-bond donors (Lipinski definition) is 1. The summed E-state index contributed by atoms with van der Waals surface area (Å²) in [7, 11) is 0. The highest BCUT2D eigenvalue weighted by Crippen LogP contribution is 2.25. The molecule has 3 aromatic carbocycles. The Morgan fingerprint density at radius 2 is 1.76 bits per heavy atom. The van der Waals surface area contributed by atoms with Gasteiger partial charge in [-0.25, -0.2) is 4.39 Å². The Labute approximate surface area is 172 Å². The van der Waals surface area contributed by atoms with Crippen LogP contribution in [0.25, 0.3) is 11.6 Å². The Kier molecular flexibility index (Phi) is 6.62. The number of ether oxygens (including phenoxy) is 1. The molecule has 4 nitrogen and oxygen atoms in total. The van der Waals surface area contributed by atoms with E-state index in [2.05, 4.69) is 11.4 Å².